The molecular formula is C17H24N2O. The third-order valence-corrected chi connectivity index (χ3v) is 4.73. The van der Waals surface area contributed by atoms with Crippen molar-refractivity contribution in [2.75, 3.05) is 25.0 Å². The minimum atomic E-state index is -0.189. The van der Waals surface area contributed by atoms with Crippen LogP contribution in [0.25, 0.3) is 0 Å². The van der Waals surface area contributed by atoms with Crippen LogP contribution in [0.3, 0.4) is 0 Å². The number of nitrogens with one attached hydrogen (secondary N) is 1. The minimum Gasteiger partial charge on any atom is -0.325 e. The van der Waals surface area contributed by atoms with E-state index in [1.807, 2.05) is 12.1 Å². The van der Waals surface area contributed by atoms with Crippen LogP contribution in [0.5, 0.6) is 0 Å². The van der Waals surface area contributed by atoms with Gasteiger partial charge in [0.05, 0.1) is 5.41 Å². The summed E-state index contributed by atoms with van der Waals surface area (Å²) in [5.41, 5.74) is 2.10. The van der Waals surface area contributed by atoms with Gasteiger partial charge in [-0.1, -0.05) is 32.0 Å². The Hall–Kier alpha value is -1.35. The molecule has 108 valence electrons. The number of carbonyl (C=O) groups excluding carboxylic acids is 1. The van der Waals surface area contributed by atoms with Crippen LogP contribution in [0.1, 0.15) is 32.3 Å². The third kappa shape index (κ3) is 2.47. The summed E-state index contributed by atoms with van der Waals surface area (Å²) in [7, 11) is 0. The first-order valence-electron chi connectivity index (χ1n) is 7.71. The maximum absolute atomic E-state index is 12.5. The molecule has 2 aliphatic rings. The fourth-order valence-corrected chi connectivity index (χ4v) is 3.42. The zero-order valence-corrected chi connectivity index (χ0v) is 12.5. The number of amides is 1. The van der Waals surface area contributed by atoms with Crippen molar-refractivity contribution in [3.05, 3.63) is 29.8 Å². The molecule has 3 rings (SSSR count). The van der Waals surface area contributed by atoms with Gasteiger partial charge in [0.15, 0.2) is 0 Å². The number of hydrogen-bond donors (Lipinski definition) is 1. The molecule has 1 aromatic rings. The van der Waals surface area contributed by atoms with Crippen LogP contribution in [0.4, 0.5) is 5.69 Å². The number of fused-ring (bicyclic) bond motifs is 1. The smallest absolute Gasteiger partial charge is 0.232 e. The molecule has 1 fully saturated rings. The minimum absolute atomic E-state index is 0.189. The van der Waals surface area contributed by atoms with Crippen molar-refractivity contribution in [2.45, 2.75) is 33.1 Å². The van der Waals surface area contributed by atoms with Crippen LogP contribution < -0.4 is 5.32 Å². The molecule has 3 heteroatoms. The van der Waals surface area contributed by atoms with Crippen LogP contribution in [-0.4, -0.2) is 30.4 Å². The quantitative estimate of drug-likeness (QED) is 0.917. The lowest BCUT2D eigenvalue weighted by Crippen LogP contribution is -2.44. The normalized spacial score (nSPS) is 26.1. The Bertz CT molecular complexity index is 511. The molecule has 0 aromatic heterocycles. The molecule has 1 atom stereocenters. The highest BCUT2D eigenvalue weighted by molar-refractivity contribution is 5.98. The van der Waals surface area contributed by atoms with Crippen molar-refractivity contribution < 1.29 is 4.79 Å². The molecule has 0 aliphatic carbocycles. The molecule has 1 amide bonds. The number of likely N-dealkylation sites (tertiary alicyclic amines) is 1. The van der Waals surface area contributed by atoms with Crippen LogP contribution >= 0.6 is 0 Å². The molecule has 1 aromatic carbocycles. The van der Waals surface area contributed by atoms with E-state index in [0.29, 0.717) is 0 Å². The summed E-state index contributed by atoms with van der Waals surface area (Å²) in [5, 5.41) is 3.11. The van der Waals surface area contributed by atoms with Crippen LogP contribution in [0.2, 0.25) is 0 Å². The lowest BCUT2D eigenvalue weighted by molar-refractivity contribution is -0.125. The average Bonchev–Trinajstić information content (AvgIpc) is 2.82. The topological polar surface area (TPSA) is 32.3 Å². The Morgan fingerprint density at radius 2 is 2.15 bits per heavy atom. The van der Waals surface area contributed by atoms with Gasteiger partial charge < -0.3 is 10.2 Å². The summed E-state index contributed by atoms with van der Waals surface area (Å²) in [6, 6.07) is 8.20. The fraction of sp³-hybridized carbons (Fsp3) is 0.588. The summed E-state index contributed by atoms with van der Waals surface area (Å²) >= 11 is 0. The first kappa shape index (κ1) is 13.6. The predicted octanol–water partition coefficient (Wildman–Crippen LogP) is 2.92. The molecule has 0 bridgehead atoms. The van der Waals surface area contributed by atoms with Crippen molar-refractivity contribution in [3.63, 3.8) is 0 Å². The van der Waals surface area contributed by atoms with E-state index in [1.54, 1.807) is 0 Å². The Balaban J connectivity index is 1.73. The standard InChI is InChI=1S/C17H24N2O/c1-13(2)7-9-19-10-8-17(12-19)11-14-5-3-4-6-15(14)18-16(17)20/h3-6,13H,7-12H2,1-2H3,(H,18,20). The van der Waals surface area contributed by atoms with E-state index in [2.05, 4.69) is 36.2 Å². The lowest BCUT2D eigenvalue weighted by Gasteiger charge is -2.33. The Morgan fingerprint density at radius 3 is 2.95 bits per heavy atom. The highest BCUT2D eigenvalue weighted by Crippen LogP contribution is 2.40. The molecule has 2 aliphatic heterocycles. The molecule has 1 N–H and O–H groups in total. The molecule has 0 radical (unpaired) electrons. The summed E-state index contributed by atoms with van der Waals surface area (Å²) in [5.74, 6) is 0.954. The van der Waals surface area contributed by atoms with Crippen molar-refractivity contribution in [1.29, 1.82) is 0 Å². The second-order valence-corrected chi connectivity index (χ2v) is 6.78. The van der Waals surface area contributed by atoms with Crippen molar-refractivity contribution in [2.24, 2.45) is 11.3 Å². The van der Waals surface area contributed by atoms with Gasteiger partial charge in [0, 0.05) is 12.2 Å². The fourth-order valence-electron chi connectivity index (χ4n) is 3.42. The van der Waals surface area contributed by atoms with E-state index < -0.39 is 0 Å². The van der Waals surface area contributed by atoms with E-state index in [0.717, 1.165) is 44.1 Å². The zero-order chi connectivity index (χ0) is 14.2. The van der Waals surface area contributed by atoms with E-state index in [4.69, 9.17) is 0 Å². The number of rotatable bonds is 3. The molecule has 1 saturated heterocycles. The van der Waals surface area contributed by atoms with Crippen LogP contribution in [-0.2, 0) is 11.2 Å². The van der Waals surface area contributed by atoms with Gasteiger partial charge in [-0.2, -0.15) is 0 Å². The van der Waals surface area contributed by atoms with Gasteiger partial charge >= 0.3 is 0 Å². The molecule has 0 saturated carbocycles. The largest absolute Gasteiger partial charge is 0.325 e. The third-order valence-electron chi connectivity index (χ3n) is 4.73. The summed E-state index contributed by atoms with van der Waals surface area (Å²) in [6.45, 7) is 7.61. The van der Waals surface area contributed by atoms with E-state index >= 15 is 0 Å². The maximum Gasteiger partial charge on any atom is 0.232 e. The molecule has 2 heterocycles. The first-order valence-corrected chi connectivity index (χ1v) is 7.71. The van der Waals surface area contributed by atoms with Gasteiger partial charge in [-0.15, -0.1) is 0 Å². The second-order valence-electron chi connectivity index (χ2n) is 6.78. The average molecular weight is 272 g/mol. The van der Waals surface area contributed by atoms with Crippen molar-refractivity contribution >= 4 is 11.6 Å². The molecular weight excluding hydrogens is 248 g/mol. The number of hydrogen-bond acceptors (Lipinski definition) is 2. The van der Waals surface area contributed by atoms with Gasteiger partial charge in [-0.05, 0) is 49.9 Å². The van der Waals surface area contributed by atoms with Gasteiger partial charge in [0.2, 0.25) is 5.91 Å². The maximum atomic E-state index is 12.5. The highest BCUT2D eigenvalue weighted by Gasteiger charge is 2.46. The highest BCUT2D eigenvalue weighted by atomic mass is 16.2. The predicted molar refractivity (Wildman–Crippen MR) is 81.7 cm³/mol. The Morgan fingerprint density at radius 1 is 1.35 bits per heavy atom. The van der Waals surface area contributed by atoms with E-state index in [1.165, 1.54) is 12.0 Å². The number of benzene rings is 1. The number of nitrogens with zero attached hydrogens (tertiary/aromatic N) is 1. The summed E-state index contributed by atoms with van der Waals surface area (Å²) in [6.07, 6.45) is 3.10. The van der Waals surface area contributed by atoms with Crippen molar-refractivity contribution in [3.8, 4) is 0 Å². The SMILES string of the molecule is CC(C)CCN1CCC2(Cc3ccccc3NC2=O)C1. The summed E-state index contributed by atoms with van der Waals surface area (Å²) in [4.78, 5) is 15.0. The molecule has 1 spiro atoms. The van der Waals surface area contributed by atoms with Crippen molar-refractivity contribution in [1.82, 2.24) is 4.90 Å². The van der Waals surface area contributed by atoms with E-state index in [-0.39, 0.29) is 11.3 Å². The van der Waals surface area contributed by atoms with Crippen LogP contribution in [0.15, 0.2) is 24.3 Å². The Labute approximate surface area is 121 Å². The monoisotopic (exact) mass is 272 g/mol. The number of carbonyl (C=O) groups is 1. The molecule has 20 heavy (non-hydrogen) atoms. The van der Waals surface area contributed by atoms with Gasteiger partial charge in [0.25, 0.3) is 0 Å². The number of anilines is 1. The molecule has 1 unspecified atom stereocenters. The first-order chi connectivity index (χ1) is 9.59. The van der Waals surface area contributed by atoms with Gasteiger partial charge in [-0.3, -0.25) is 4.79 Å². The second kappa shape index (κ2) is 5.21. The summed E-state index contributed by atoms with van der Waals surface area (Å²) < 4.78 is 0. The zero-order valence-electron chi connectivity index (χ0n) is 12.5. The van der Waals surface area contributed by atoms with E-state index in [9.17, 15) is 4.79 Å². The Kier molecular flexibility index (Phi) is 3.55. The number of para-hydroxylation sites is 1. The van der Waals surface area contributed by atoms with Crippen LogP contribution in [0, 0.1) is 11.3 Å². The van der Waals surface area contributed by atoms with Gasteiger partial charge in [0.1, 0.15) is 0 Å². The molecule has 3 nitrogen and oxygen atoms in total. The lowest BCUT2D eigenvalue weighted by atomic mass is 9.77. The van der Waals surface area contributed by atoms with Gasteiger partial charge in [-0.25, -0.2) is 0 Å².